The second-order valence-electron chi connectivity index (χ2n) is 9.20. The number of hydrogen-bond donors (Lipinski definition) is 2. The number of carbonyl (C=O) groups excluding carboxylic acids is 1. The van der Waals surface area contributed by atoms with Gasteiger partial charge in [-0.25, -0.2) is 21.6 Å². The number of rotatable bonds is 4. The van der Waals surface area contributed by atoms with Crippen molar-refractivity contribution in [1.29, 1.82) is 0 Å². The Morgan fingerprint density at radius 1 is 1.12 bits per heavy atom. The van der Waals surface area contributed by atoms with Crippen LogP contribution in [0.5, 0.6) is 0 Å². The maximum atomic E-state index is 13.6. The Labute approximate surface area is 189 Å². The van der Waals surface area contributed by atoms with Gasteiger partial charge < -0.3 is 10.4 Å². The Hall–Kier alpha value is -1.84. The summed E-state index contributed by atoms with van der Waals surface area (Å²) in [5, 5.41) is 11.1. The van der Waals surface area contributed by atoms with Crippen LogP contribution >= 0.6 is 11.6 Å². The van der Waals surface area contributed by atoms with E-state index in [9.17, 15) is 31.5 Å². The number of nitrogens with one attached hydrogen (secondary N) is 1. The van der Waals surface area contributed by atoms with Crippen molar-refractivity contribution in [1.82, 2.24) is 0 Å². The molecule has 1 amide bonds. The van der Waals surface area contributed by atoms with E-state index < -0.39 is 49.3 Å². The predicted molar refractivity (Wildman–Crippen MR) is 114 cm³/mol. The maximum absolute atomic E-state index is 13.6. The van der Waals surface area contributed by atoms with Gasteiger partial charge in [0.05, 0.1) is 10.9 Å². The maximum Gasteiger partial charge on any atom is 0.251 e. The van der Waals surface area contributed by atoms with Crippen molar-refractivity contribution in [3.05, 3.63) is 52.3 Å². The zero-order valence-electron chi connectivity index (χ0n) is 17.2. The van der Waals surface area contributed by atoms with E-state index in [2.05, 4.69) is 5.32 Å². The first-order valence-corrected chi connectivity index (χ1v) is 12.3. The fraction of sp³-hybridized carbons (Fsp3) is 0.500. The van der Waals surface area contributed by atoms with E-state index >= 15 is 0 Å². The van der Waals surface area contributed by atoms with Gasteiger partial charge in [0.25, 0.3) is 5.91 Å². The number of aliphatic hydroxyl groups is 1. The fourth-order valence-electron chi connectivity index (χ4n) is 5.45. The van der Waals surface area contributed by atoms with Crippen LogP contribution in [-0.2, 0) is 14.6 Å². The van der Waals surface area contributed by atoms with E-state index in [1.54, 1.807) is 6.92 Å². The average Bonchev–Trinajstić information content (AvgIpc) is 2.99. The molecule has 2 N–H and O–H groups in total. The van der Waals surface area contributed by atoms with Crippen LogP contribution in [0.2, 0.25) is 0 Å². The number of fused-ring (bicyclic) bond motifs is 2. The molecule has 0 spiro atoms. The minimum atomic E-state index is -3.78. The second kappa shape index (κ2) is 8.18. The number of carbonyl (C=O) groups is 1. The Bertz CT molecular complexity index is 1090. The van der Waals surface area contributed by atoms with E-state index in [-0.39, 0.29) is 34.5 Å². The number of sulfone groups is 1. The normalized spacial score (nSPS) is 32.3. The average molecular weight is 490 g/mol. The number of halogens is 4. The van der Waals surface area contributed by atoms with Crippen molar-refractivity contribution < 1.29 is 31.5 Å². The lowest BCUT2D eigenvalue weighted by molar-refractivity contribution is -0.113. The second-order valence-corrected chi connectivity index (χ2v) is 11.9. The summed E-state index contributed by atoms with van der Waals surface area (Å²) in [5.41, 5.74) is -1.11. The van der Waals surface area contributed by atoms with Crippen molar-refractivity contribution in [2.45, 2.75) is 55.1 Å². The summed E-state index contributed by atoms with van der Waals surface area (Å²) < 4.78 is 67.2. The van der Waals surface area contributed by atoms with Gasteiger partial charge in [-0.3, -0.25) is 4.79 Å². The van der Waals surface area contributed by atoms with Crippen molar-refractivity contribution >= 4 is 33.0 Å². The molecule has 1 aromatic carbocycles. The van der Waals surface area contributed by atoms with Crippen LogP contribution < -0.4 is 5.32 Å². The lowest BCUT2D eigenvalue weighted by Gasteiger charge is -2.40. The third-order valence-electron chi connectivity index (χ3n) is 6.71. The highest BCUT2D eigenvalue weighted by atomic mass is 35.5. The molecule has 5 nitrogen and oxygen atoms in total. The van der Waals surface area contributed by atoms with Crippen LogP contribution in [0.4, 0.5) is 18.9 Å². The van der Waals surface area contributed by atoms with Gasteiger partial charge >= 0.3 is 0 Å². The van der Waals surface area contributed by atoms with Crippen LogP contribution in [-0.4, -0.2) is 35.5 Å². The number of amides is 1. The fourth-order valence-corrected chi connectivity index (χ4v) is 8.68. The van der Waals surface area contributed by atoms with Gasteiger partial charge in [-0.15, -0.1) is 0 Å². The highest BCUT2D eigenvalue weighted by molar-refractivity contribution is 7.93. The summed E-state index contributed by atoms with van der Waals surface area (Å²) in [5.74, 6) is -5.67. The van der Waals surface area contributed by atoms with Crippen LogP contribution in [0, 0.1) is 29.3 Å². The first-order chi connectivity index (χ1) is 14.9. The van der Waals surface area contributed by atoms with Crippen LogP contribution in [0.1, 0.15) is 39.0 Å². The molecule has 2 fully saturated rings. The summed E-state index contributed by atoms with van der Waals surface area (Å²) in [6, 6.07) is 1.28. The molecule has 32 heavy (non-hydrogen) atoms. The highest BCUT2D eigenvalue weighted by Gasteiger charge is 2.54. The lowest BCUT2D eigenvalue weighted by atomic mass is 9.78. The predicted octanol–water partition coefficient (Wildman–Crippen LogP) is 4.22. The molecule has 10 heteroatoms. The smallest absolute Gasteiger partial charge is 0.251 e. The number of anilines is 1. The Morgan fingerprint density at radius 3 is 2.25 bits per heavy atom. The molecule has 3 aliphatic rings. The molecule has 3 unspecified atom stereocenters. The summed E-state index contributed by atoms with van der Waals surface area (Å²) in [6.07, 6.45) is 4.73. The molecule has 0 heterocycles. The summed E-state index contributed by atoms with van der Waals surface area (Å²) in [4.78, 5) is 12.6. The zero-order valence-corrected chi connectivity index (χ0v) is 18.8. The van der Waals surface area contributed by atoms with Gasteiger partial charge in [0, 0.05) is 28.4 Å². The molecule has 0 saturated heterocycles. The SMILES string of the molecule is CC1(O)CC2CCC(C1)C2S(=O)(=O)C1CC(C(=O)Nc2cc(F)c(F)c(F)c2)=CC=C1Cl. The van der Waals surface area contributed by atoms with Gasteiger partial charge in [-0.05, 0) is 56.9 Å². The zero-order chi connectivity index (χ0) is 23.4. The molecule has 1 aromatic rings. The van der Waals surface area contributed by atoms with Crippen molar-refractivity contribution in [3.63, 3.8) is 0 Å². The third kappa shape index (κ3) is 4.22. The molecule has 3 atom stereocenters. The Kier molecular flexibility index (Phi) is 5.96. The van der Waals surface area contributed by atoms with Crippen LogP contribution in [0.3, 0.4) is 0 Å². The minimum absolute atomic E-state index is 0.0725. The van der Waals surface area contributed by atoms with Crippen molar-refractivity contribution in [2.75, 3.05) is 5.32 Å². The highest BCUT2D eigenvalue weighted by Crippen LogP contribution is 2.51. The summed E-state index contributed by atoms with van der Waals surface area (Å²) >= 11 is 6.26. The van der Waals surface area contributed by atoms with Gasteiger partial charge in [0.2, 0.25) is 0 Å². The molecule has 0 aromatic heterocycles. The molecule has 0 aliphatic heterocycles. The Morgan fingerprint density at radius 2 is 1.69 bits per heavy atom. The summed E-state index contributed by atoms with van der Waals surface area (Å²) in [7, 11) is -3.78. The van der Waals surface area contributed by atoms with E-state index in [0.29, 0.717) is 37.8 Å². The van der Waals surface area contributed by atoms with Crippen molar-refractivity contribution in [3.8, 4) is 0 Å². The van der Waals surface area contributed by atoms with Gasteiger partial charge in [0.15, 0.2) is 27.3 Å². The molecule has 174 valence electrons. The van der Waals surface area contributed by atoms with Gasteiger partial charge in [-0.2, -0.15) is 0 Å². The van der Waals surface area contributed by atoms with Crippen LogP contribution in [0.15, 0.2) is 34.9 Å². The standard InChI is InChI=1S/C22H23ClF3NO4S/c1-22(29)9-12-2-3-13(10-22)20(12)32(30,31)18-6-11(4-5-15(18)23)21(28)27-14-7-16(24)19(26)17(25)8-14/h4-5,7-8,12-13,18,20,29H,2-3,6,9-10H2,1H3,(H,27,28). The van der Waals surface area contributed by atoms with Crippen molar-refractivity contribution in [2.24, 2.45) is 11.8 Å². The molecule has 2 saturated carbocycles. The number of allylic oxidation sites excluding steroid dienone is 2. The molecule has 2 bridgehead atoms. The van der Waals surface area contributed by atoms with Gasteiger partial charge in [0.1, 0.15) is 5.25 Å². The molecule has 0 radical (unpaired) electrons. The van der Waals surface area contributed by atoms with Gasteiger partial charge in [-0.1, -0.05) is 17.7 Å². The molecule has 4 rings (SSSR count). The van der Waals surface area contributed by atoms with E-state index in [0.717, 1.165) is 0 Å². The first-order valence-electron chi connectivity index (χ1n) is 10.4. The van der Waals surface area contributed by atoms with E-state index in [1.165, 1.54) is 12.2 Å². The lowest BCUT2D eigenvalue weighted by Crippen LogP contribution is -2.47. The quantitative estimate of drug-likeness (QED) is 0.620. The monoisotopic (exact) mass is 489 g/mol. The number of benzene rings is 1. The molecule has 3 aliphatic carbocycles. The molecular formula is C22H23ClF3NO4S. The largest absolute Gasteiger partial charge is 0.390 e. The topological polar surface area (TPSA) is 83.5 Å². The first kappa shape index (κ1) is 23.3. The molecular weight excluding hydrogens is 467 g/mol. The summed E-state index contributed by atoms with van der Waals surface area (Å²) in [6.45, 7) is 1.72. The van der Waals surface area contributed by atoms with E-state index in [1.807, 2.05) is 0 Å². The number of hydrogen-bond acceptors (Lipinski definition) is 4. The van der Waals surface area contributed by atoms with Crippen LogP contribution in [0.25, 0.3) is 0 Å². The third-order valence-corrected chi connectivity index (χ3v) is 9.97. The Balaban J connectivity index is 1.54. The minimum Gasteiger partial charge on any atom is -0.390 e. The van der Waals surface area contributed by atoms with E-state index in [4.69, 9.17) is 11.6 Å².